The van der Waals surface area contributed by atoms with Crippen LogP contribution in [-0.2, 0) is 16.1 Å². The van der Waals surface area contributed by atoms with Crippen LogP contribution in [0, 0.1) is 12.7 Å². The highest BCUT2D eigenvalue weighted by Crippen LogP contribution is 2.08. The summed E-state index contributed by atoms with van der Waals surface area (Å²) in [5.74, 6) is -0.357. The molecule has 0 aliphatic carbocycles. The molecule has 1 aliphatic rings. The molecule has 1 atom stereocenters. The lowest BCUT2D eigenvalue weighted by atomic mass is 10.1. The molecule has 0 radical (unpaired) electrons. The van der Waals surface area contributed by atoms with E-state index in [2.05, 4.69) is 24.4 Å². The Kier molecular flexibility index (Phi) is 7.54. The van der Waals surface area contributed by atoms with Gasteiger partial charge in [0, 0.05) is 11.3 Å². The zero-order chi connectivity index (χ0) is 21.5. The number of aryl methyl sites for hydroxylation is 1. The zero-order valence-electron chi connectivity index (χ0n) is 17.7. The van der Waals surface area contributed by atoms with Gasteiger partial charge in [-0.1, -0.05) is 30.3 Å². The molecule has 160 valence electrons. The monoisotopic (exact) mass is 414 g/mol. The molecule has 3 N–H and O–H groups in total. The fraction of sp³-hybridized carbons (Fsp3) is 0.391. The first-order valence-corrected chi connectivity index (χ1v) is 10.4. The summed E-state index contributed by atoms with van der Waals surface area (Å²) in [6.45, 7) is 6.47. The van der Waals surface area contributed by atoms with Crippen molar-refractivity contribution in [2.75, 3.05) is 51.6 Å². The van der Waals surface area contributed by atoms with Crippen molar-refractivity contribution in [1.82, 2.24) is 4.90 Å². The van der Waals surface area contributed by atoms with E-state index in [1.54, 1.807) is 12.1 Å². The molecule has 1 heterocycles. The number of nitrogens with zero attached hydrogens (tertiary/aromatic N) is 1. The molecule has 2 aromatic rings. The number of carbonyl (C=O) groups excluding carboxylic acids is 2. The minimum Gasteiger partial charge on any atom is -0.327 e. The van der Waals surface area contributed by atoms with E-state index < -0.39 is 0 Å². The summed E-state index contributed by atoms with van der Waals surface area (Å²) >= 11 is 0. The first kappa shape index (κ1) is 21.9. The second kappa shape index (κ2) is 10.3. The third kappa shape index (κ3) is 6.37. The minimum atomic E-state index is -0.373. The molecule has 0 spiro atoms. The summed E-state index contributed by atoms with van der Waals surface area (Å²) in [7, 11) is 2.04. The quantitative estimate of drug-likeness (QED) is 0.573. The summed E-state index contributed by atoms with van der Waals surface area (Å²) in [5, 5.41) is 2.73. The third-order valence-corrected chi connectivity index (χ3v) is 5.55. The van der Waals surface area contributed by atoms with Gasteiger partial charge in [0.15, 0.2) is 13.1 Å². The number of carbonyl (C=O) groups is 2. The molecule has 1 aliphatic heterocycles. The van der Waals surface area contributed by atoms with Crippen LogP contribution in [0.2, 0.25) is 0 Å². The molecule has 6 nitrogen and oxygen atoms in total. The van der Waals surface area contributed by atoms with Gasteiger partial charge >= 0.3 is 0 Å². The second-order valence-electron chi connectivity index (χ2n) is 8.10. The van der Waals surface area contributed by atoms with E-state index in [1.807, 2.05) is 24.1 Å². The highest BCUT2D eigenvalue weighted by atomic mass is 19.1. The van der Waals surface area contributed by atoms with Gasteiger partial charge in [-0.3, -0.25) is 9.59 Å². The highest BCUT2D eigenvalue weighted by Gasteiger charge is 2.27. The number of amides is 2. The number of hydrogen-bond acceptors (Lipinski definition) is 2. The summed E-state index contributed by atoms with van der Waals surface area (Å²) in [5.41, 5.74) is 2.98. The van der Waals surface area contributed by atoms with Crippen molar-refractivity contribution in [2.45, 2.75) is 13.5 Å². The van der Waals surface area contributed by atoms with Gasteiger partial charge in [0.1, 0.15) is 12.4 Å². The Labute approximate surface area is 177 Å². The van der Waals surface area contributed by atoms with Crippen LogP contribution in [0.3, 0.4) is 0 Å². The van der Waals surface area contributed by atoms with Crippen LogP contribution in [0.25, 0.3) is 0 Å². The van der Waals surface area contributed by atoms with Gasteiger partial charge in [-0.15, -0.1) is 0 Å². The summed E-state index contributed by atoms with van der Waals surface area (Å²) in [6, 6.07) is 14.2. The van der Waals surface area contributed by atoms with Crippen molar-refractivity contribution in [3.8, 4) is 0 Å². The fourth-order valence-electron chi connectivity index (χ4n) is 3.81. The van der Waals surface area contributed by atoms with E-state index in [4.69, 9.17) is 0 Å². The molecule has 1 unspecified atom stereocenters. The van der Waals surface area contributed by atoms with Gasteiger partial charge in [0.25, 0.3) is 11.8 Å². The normalized spacial score (nSPS) is 15.6. The number of quaternary nitrogens is 2. The van der Waals surface area contributed by atoms with Crippen molar-refractivity contribution < 1.29 is 23.8 Å². The number of halogens is 1. The number of piperazine rings is 1. The van der Waals surface area contributed by atoms with Gasteiger partial charge in [0.05, 0.1) is 33.2 Å². The number of rotatable bonds is 7. The molecule has 3 rings (SSSR count). The van der Waals surface area contributed by atoms with Gasteiger partial charge in [-0.25, -0.2) is 4.39 Å². The standard InChI is InChI=1S/C23H29FN4O2/c1-18-6-3-4-7-19(18)15-26(2)17-23(30)28-12-10-27(11-13-28)16-22(29)25-21-9-5-8-20(24)14-21/h3-9,14H,10-13,15-17H2,1-2H3,(H,25,29)/p+2. The van der Waals surface area contributed by atoms with Crippen LogP contribution in [-0.4, -0.2) is 63.0 Å². The molecule has 0 saturated carbocycles. The Morgan fingerprint density at radius 3 is 2.57 bits per heavy atom. The average Bonchev–Trinajstić information content (AvgIpc) is 2.70. The van der Waals surface area contributed by atoms with Crippen molar-refractivity contribution in [3.63, 3.8) is 0 Å². The Morgan fingerprint density at radius 2 is 1.87 bits per heavy atom. The van der Waals surface area contributed by atoms with E-state index >= 15 is 0 Å². The topological polar surface area (TPSA) is 58.3 Å². The molecule has 2 aromatic carbocycles. The number of benzene rings is 2. The first-order valence-electron chi connectivity index (χ1n) is 10.4. The maximum absolute atomic E-state index is 13.2. The van der Waals surface area contributed by atoms with E-state index in [1.165, 1.54) is 28.2 Å². The predicted molar refractivity (Wildman–Crippen MR) is 114 cm³/mol. The number of nitrogens with one attached hydrogen (secondary N) is 3. The number of anilines is 1. The van der Waals surface area contributed by atoms with E-state index in [9.17, 15) is 14.0 Å². The summed E-state index contributed by atoms with van der Waals surface area (Å²) < 4.78 is 13.2. The molecule has 1 fully saturated rings. The Balaban J connectivity index is 1.40. The molecule has 2 amide bonds. The lowest BCUT2D eigenvalue weighted by Gasteiger charge is -2.32. The largest absolute Gasteiger partial charge is 0.327 e. The van der Waals surface area contributed by atoms with Crippen LogP contribution in [0.5, 0.6) is 0 Å². The lowest BCUT2D eigenvalue weighted by Crippen LogP contribution is -3.16. The molecule has 30 heavy (non-hydrogen) atoms. The lowest BCUT2D eigenvalue weighted by molar-refractivity contribution is -0.896. The number of hydrogen-bond donors (Lipinski definition) is 3. The maximum Gasteiger partial charge on any atom is 0.279 e. The second-order valence-corrected chi connectivity index (χ2v) is 8.10. The van der Waals surface area contributed by atoms with Crippen LogP contribution >= 0.6 is 0 Å². The molecule has 7 heteroatoms. The van der Waals surface area contributed by atoms with Crippen LogP contribution in [0.15, 0.2) is 48.5 Å². The van der Waals surface area contributed by atoms with E-state index in [-0.39, 0.29) is 17.6 Å². The smallest absolute Gasteiger partial charge is 0.279 e. The molecular weight excluding hydrogens is 383 g/mol. The van der Waals surface area contributed by atoms with Crippen LogP contribution in [0.1, 0.15) is 11.1 Å². The molecule has 0 bridgehead atoms. The Hall–Kier alpha value is -2.77. The summed E-state index contributed by atoms with van der Waals surface area (Å²) in [4.78, 5) is 29.1. The fourth-order valence-corrected chi connectivity index (χ4v) is 3.81. The van der Waals surface area contributed by atoms with Crippen molar-refractivity contribution in [2.24, 2.45) is 0 Å². The van der Waals surface area contributed by atoms with E-state index in [0.29, 0.717) is 31.9 Å². The zero-order valence-corrected chi connectivity index (χ0v) is 17.7. The van der Waals surface area contributed by atoms with Crippen molar-refractivity contribution in [1.29, 1.82) is 0 Å². The predicted octanol–water partition coefficient (Wildman–Crippen LogP) is -0.485. The minimum absolute atomic E-state index is 0.141. The Morgan fingerprint density at radius 1 is 1.13 bits per heavy atom. The van der Waals surface area contributed by atoms with Crippen LogP contribution < -0.4 is 15.1 Å². The van der Waals surface area contributed by atoms with Gasteiger partial charge in [-0.05, 0) is 30.7 Å². The van der Waals surface area contributed by atoms with Gasteiger partial charge in [-0.2, -0.15) is 0 Å². The average molecular weight is 415 g/mol. The first-order chi connectivity index (χ1) is 14.4. The molecule has 0 aromatic heterocycles. The maximum atomic E-state index is 13.2. The SMILES string of the molecule is Cc1ccccc1C[NH+](C)CC(=O)N1CC[NH+](CC(=O)Nc2cccc(F)c2)CC1. The van der Waals surface area contributed by atoms with E-state index in [0.717, 1.165) is 24.5 Å². The van der Waals surface area contributed by atoms with Gasteiger partial charge < -0.3 is 20.0 Å². The molecule has 1 saturated heterocycles. The molecular formula is C23H31FN4O2+2. The summed E-state index contributed by atoms with van der Waals surface area (Å²) in [6.07, 6.45) is 0. The Bertz CT molecular complexity index is 881. The third-order valence-electron chi connectivity index (χ3n) is 5.55. The van der Waals surface area contributed by atoms with Gasteiger partial charge in [0.2, 0.25) is 0 Å². The van der Waals surface area contributed by atoms with Crippen molar-refractivity contribution >= 4 is 17.5 Å². The number of likely N-dealkylation sites (N-methyl/N-ethyl adjacent to an activating group) is 1. The van der Waals surface area contributed by atoms with Crippen LogP contribution in [0.4, 0.5) is 10.1 Å². The van der Waals surface area contributed by atoms with Crippen molar-refractivity contribution in [3.05, 3.63) is 65.5 Å². The highest BCUT2D eigenvalue weighted by molar-refractivity contribution is 5.91.